The lowest BCUT2D eigenvalue weighted by atomic mass is 10.1. The maximum absolute atomic E-state index is 13.7. The number of amides is 2. The molecule has 5 rings (SSSR count). The maximum Gasteiger partial charge on any atom is 0.328 e. The van der Waals surface area contributed by atoms with Crippen molar-refractivity contribution in [3.05, 3.63) is 49.1 Å². The van der Waals surface area contributed by atoms with Crippen LogP contribution in [0.2, 0.25) is 0 Å². The van der Waals surface area contributed by atoms with Crippen LogP contribution in [-0.4, -0.2) is 65.1 Å². The monoisotopic (exact) mass is 466 g/mol. The molecule has 1 saturated heterocycles. The van der Waals surface area contributed by atoms with Gasteiger partial charge in [0.05, 0.1) is 24.1 Å². The minimum Gasteiger partial charge on any atom is -0.372 e. The second kappa shape index (κ2) is 8.81. The zero-order valence-electron chi connectivity index (χ0n) is 18.7. The van der Waals surface area contributed by atoms with Crippen molar-refractivity contribution in [3.63, 3.8) is 0 Å². The number of nitrogens with one attached hydrogen (secondary N) is 1. The number of hydrogen-bond donors (Lipinski definition) is 1. The molecular formula is C23H24F2N8O. The number of fused-ring (bicyclic) bond motifs is 1. The van der Waals surface area contributed by atoms with Crippen LogP contribution in [0.5, 0.6) is 0 Å². The Morgan fingerprint density at radius 2 is 1.97 bits per heavy atom. The number of alkyl halides is 2. The van der Waals surface area contributed by atoms with Crippen molar-refractivity contribution in [1.82, 2.24) is 19.9 Å². The standard InChI is InChI=1S/C23H24F2N8O/c1-31-10-2-11-33(22(34)30-19-14-26-8-9-27-19)21-18(31)4-3-17(29-21)16-5-7-28-20(13-16)32-12-6-23(24,25)15-32/h3-5,7-9,13-14H,2,6,10-12,15H2,1H3,(H,27,30,34). The molecule has 0 atom stereocenters. The number of hydrogen-bond acceptors (Lipinski definition) is 7. The van der Waals surface area contributed by atoms with Gasteiger partial charge in [0.25, 0.3) is 5.92 Å². The first kappa shape index (κ1) is 21.9. The molecule has 2 amide bonds. The Morgan fingerprint density at radius 3 is 2.74 bits per heavy atom. The lowest BCUT2D eigenvalue weighted by Gasteiger charge is -2.24. The van der Waals surface area contributed by atoms with Gasteiger partial charge in [-0.1, -0.05) is 0 Å². The summed E-state index contributed by atoms with van der Waals surface area (Å²) in [6.45, 7) is 1.15. The number of rotatable bonds is 3. The molecule has 176 valence electrons. The topological polar surface area (TPSA) is 90.4 Å². The molecule has 11 heteroatoms. The third kappa shape index (κ3) is 4.45. The van der Waals surface area contributed by atoms with Gasteiger partial charge in [0.2, 0.25) is 0 Å². The van der Waals surface area contributed by atoms with Crippen molar-refractivity contribution < 1.29 is 13.6 Å². The van der Waals surface area contributed by atoms with Crippen LogP contribution >= 0.6 is 0 Å². The molecule has 2 aliphatic heterocycles. The Labute approximate surface area is 195 Å². The van der Waals surface area contributed by atoms with E-state index in [4.69, 9.17) is 4.98 Å². The van der Waals surface area contributed by atoms with E-state index in [-0.39, 0.29) is 25.5 Å². The molecule has 0 saturated carbocycles. The molecule has 1 fully saturated rings. The van der Waals surface area contributed by atoms with Gasteiger partial charge in [-0.25, -0.2) is 28.5 Å². The fourth-order valence-electron chi connectivity index (χ4n) is 4.21. The highest BCUT2D eigenvalue weighted by Gasteiger charge is 2.38. The summed E-state index contributed by atoms with van der Waals surface area (Å²) in [6, 6.07) is 7.00. The highest BCUT2D eigenvalue weighted by Crippen LogP contribution is 2.35. The van der Waals surface area contributed by atoms with Gasteiger partial charge in [0, 0.05) is 57.3 Å². The molecule has 3 aromatic rings. The van der Waals surface area contributed by atoms with Crippen molar-refractivity contribution in [2.24, 2.45) is 0 Å². The minimum absolute atomic E-state index is 0.182. The number of nitrogens with zero attached hydrogens (tertiary/aromatic N) is 7. The predicted octanol–water partition coefficient (Wildman–Crippen LogP) is 3.66. The van der Waals surface area contributed by atoms with Crippen molar-refractivity contribution >= 4 is 29.2 Å². The molecule has 0 bridgehead atoms. The third-order valence-electron chi connectivity index (χ3n) is 5.97. The molecule has 0 aliphatic carbocycles. The smallest absolute Gasteiger partial charge is 0.328 e. The summed E-state index contributed by atoms with van der Waals surface area (Å²) in [4.78, 5) is 35.6. The summed E-state index contributed by atoms with van der Waals surface area (Å²) in [5.74, 6) is -1.35. The number of urea groups is 1. The highest BCUT2D eigenvalue weighted by molar-refractivity contribution is 6.02. The molecule has 5 heterocycles. The van der Waals surface area contributed by atoms with Gasteiger partial charge < -0.3 is 9.80 Å². The Hall–Kier alpha value is -3.89. The van der Waals surface area contributed by atoms with Crippen molar-refractivity contribution in [1.29, 1.82) is 0 Å². The largest absolute Gasteiger partial charge is 0.372 e. The molecule has 34 heavy (non-hydrogen) atoms. The lowest BCUT2D eigenvalue weighted by Crippen LogP contribution is -2.36. The van der Waals surface area contributed by atoms with Crippen LogP contribution in [0.1, 0.15) is 12.8 Å². The maximum atomic E-state index is 13.7. The fourth-order valence-corrected chi connectivity index (χ4v) is 4.21. The first-order valence-electron chi connectivity index (χ1n) is 11.1. The quantitative estimate of drug-likeness (QED) is 0.630. The van der Waals surface area contributed by atoms with Crippen molar-refractivity contribution in [2.75, 3.05) is 53.2 Å². The van der Waals surface area contributed by atoms with Gasteiger partial charge in [-0.15, -0.1) is 0 Å². The van der Waals surface area contributed by atoms with E-state index in [2.05, 4.69) is 25.2 Å². The first-order chi connectivity index (χ1) is 16.4. The SMILES string of the molecule is CN1CCCN(C(=O)Nc2cnccn2)c2nc(-c3ccnc(N4CCC(F)(F)C4)c3)ccc21. The zero-order chi connectivity index (χ0) is 23.7. The zero-order valence-corrected chi connectivity index (χ0v) is 18.7. The minimum atomic E-state index is -2.71. The Morgan fingerprint density at radius 1 is 1.09 bits per heavy atom. The molecule has 2 aliphatic rings. The van der Waals surface area contributed by atoms with Gasteiger partial charge in [-0.05, 0) is 30.7 Å². The van der Waals surface area contributed by atoms with Crippen LogP contribution < -0.4 is 20.0 Å². The number of carbonyl (C=O) groups is 1. The Kier molecular flexibility index (Phi) is 5.68. The van der Waals surface area contributed by atoms with E-state index in [1.807, 2.05) is 19.2 Å². The number of aromatic nitrogens is 4. The molecule has 9 nitrogen and oxygen atoms in total. The van der Waals surface area contributed by atoms with Crippen LogP contribution in [0.4, 0.5) is 36.7 Å². The lowest BCUT2D eigenvalue weighted by molar-refractivity contribution is 0.0256. The highest BCUT2D eigenvalue weighted by atomic mass is 19.3. The number of carbonyl (C=O) groups excluding carboxylic acids is 1. The number of anilines is 4. The van der Waals surface area contributed by atoms with E-state index < -0.39 is 5.92 Å². The van der Waals surface area contributed by atoms with E-state index >= 15 is 0 Å². The van der Waals surface area contributed by atoms with Crippen LogP contribution in [0, 0.1) is 0 Å². The molecule has 0 unspecified atom stereocenters. The molecule has 0 aromatic carbocycles. The molecule has 1 N–H and O–H groups in total. The van der Waals surface area contributed by atoms with E-state index in [1.165, 1.54) is 18.6 Å². The Balaban J connectivity index is 1.47. The fraction of sp³-hybridized carbons (Fsp3) is 0.348. The van der Waals surface area contributed by atoms with Crippen molar-refractivity contribution in [3.8, 4) is 11.3 Å². The summed E-state index contributed by atoms with van der Waals surface area (Å²) >= 11 is 0. The molecule has 0 spiro atoms. The summed E-state index contributed by atoms with van der Waals surface area (Å²) in [6.07, 6.45) is 6.70. The van der Waals surface area contributed by atoms with Crippen LogP contribution in [0.3, 0.4) is 0 Å². The van der Waals surface area contributed by atoms with E-state index in [0.29, 0.717) is 29.7 Å². The summed E-state index contributed by atoms with van der Waals surface area (Å²) in [7, 11) is 1.96. The van der Waals surface area contributed by atoms with E-state index in [1.54, 1.807) is 28.1 Å². The van der Waals surface area contributed by atoms with Crippen LogP contribution in [0.15, 0.2) is 49.1 Å². The second-order valence-electron chi connectivity index (χ2n) is 8.42. The number of pyridine rings is 2. The second-order valence-corrected chi connectivity index (χ2v) is 8.42. The van der Waals surface area contributed by atoms with E-state index in [0.717, 1.165) is 24.2 Å². The summed E-state index contributed by atoms with van der Waals surface area (Å²) in [5, 5.41) is 2.78. The molecule has 0 radical (unpaired) electrons. The van der Waals surface area contributed by atoms with E-state index in [9.17, 15) is 13.6 Å². The normalized spacial score (nSPS) is 17.3. The molecular weight excluding hydrogens is 442 g/mol. The average molecular weight is 466 g/mol. The van der Waals surface area contributed by atoms with Gasteiger partial charge >= 0.3 is 6.03 Å². The van der Waals surface area contributed by atoms with Gasteiger partial charge in [-0.3, -0.25) is 15.2 Å². The Bertz CT molecular complexity index is 1190. The first-order valence-corrected chi connectivity index (χ1v) is 11.1. The molecule has 3 aromatic heterocycles. The summed E-state index contributed by atoms with van der Waals surface area (Å²) < 4.78 is 27.4. The van der Waals surface area contributed by atoms with Gasteiger partial charge in [0.1, 0.15) is 5.82 Å². The van der Waals surface area contributed by atoms with Crippen LogP contribution in [0.25, 0.3) is 11.3 Å². The predicted molar refractivity (Wildman–Crippen MR) is 126 cm³/mol. The number of halogens is 2. The van der Waals surface area contributed by atoms with Gasteiger partial charge in [0.15, 0.2) is 11.6 Å². The van der Waals surface area contributed by atoms with Crippen LogP contribution in [-0.2, 0) is 0 Å². The average Bonchev–Trinajstić information content (AvgIpc) is 3.12. The van der Waals surface area contributed by atoms with Crippen molar-refractivity contribution in [2.45, 2.75) is 18.8 Å². The van der Waals surface area contributed by atoms with Gasteiger partial charge in [-0.2, -0.15) is 0 Å². The third-order valence-corrected chi connectivity index (χ3v) is 5.97. The summed E-state index contributed by atoms with van der Waals surface area (Å²) in [5.41, 5.74) is 2.19.